The minimum absolute atomic E-state index is 0. The summed E-state index contributed by atoms with van der Waals surface area (Å²) in [5.74, 6) is 0.278. The van der Waals surface area contributed by atoms with E-state index in [1.807, 2.05) is 13.8 Å². The Morgan fingerprint density at radius 3 is 2.00 bits per heavy atom. The van der Waals surface area contributed by atoms with Crippen molar-refractivity contribution in [2.24, 2.45) is 11.7 Å². The average Bonchev–Trinajstić information content (AvgIpc) is 2.26. The molecule has 0 aliphatic heterocycles. The zero-order valence-electron chi connectivity index (χ0n) is 10.8. The van der Waals surface area contributed by atoms with Gasteiger partial charge in [0.05, 0.1) is 17.7 Å². The molecule has 1 aromatic carbocycles. The first-order valence-electron chi connectivity index (χ1n) is 5.82. The molecule has 1 aromatic rings. The van der Waals surface area contributed by atoms with E-state index in [9.17, 15) is 18.3 Å². The summed E-state index contributed by atoms with van der Waals surface area (Å²) in [5.41, 5.74) is 5.61. The monoisotopic (exact) mass is 297 g/mol. The number of alkyl halides is 3. The molecule has 0 radical (unpaired) electrons. The van der Waals surface area contributed by atoms with E-state index < -0.39 is 23.9 Å². The Balaban J connectivity index is 0.00000324. The number of aliphatic hydroxyl groups is 1. The zero-order chi connectivity index (χ0) is 13.9. The molecule has 0 bridgehead atoms. The standard InChI is InChI=1S/C13H18F3NO.ClH/c1-8(2)7-11(18)12(17)9-3-5-10(6-4-9)13(14,15)16;/h3-6,8,11-12,18H,7,17H2,1-2H3;1H/t11-,12+;/m0./s1. The molecule has 0 unspecified atom stereocenters. The molecule has 1 rings (SSSR count). The smallest absolute Gasteiger partial charge is 0.391 e. The first kappa shape index (κ1) is 18.2. The fraction of sp³-hybridized carbons (Fsp3) is 0.538. The highest BCUT2D eigenvalue weighted by Crippen LogP contribution is 2.30. The Labute approximate surface area is 117 Å². The van der Waals surface area contributed by atoms with Crippen LogP contribution >= 0.6 is 12.4 Å². The quantitative estimate of drug-likeness (QED) is 0.893. The lowest BCUT2D eigenvalue weighted by Crippen LogP contribution is -2.27. The summed E-state index contributed by atoms with van der Waals surface area (Å²) in [6.07, 6.45) is -4.58. The van der Waals surface area contributed by atoms with Gasteiger partial charge in [-0.05, 0) is 30.0 Å². The summed E-state index contributed by atoms with van der Waals surface area (Å²) in [7, 11) is 0. The van der Waals surface area contributed by atoms with Gasteiger partial charge in [0, 0.05) is 0 Å². The molecule has 0 aliphatic carbocycles. The van der Waals surface area contributed by atoms with Crippen LogP contribution in [0.1, 0.15) is 37.4 Å². The Bertz CT molecular complexity index is 378. The van der Waals surface area contributed by atoms with Gasteiger partial charge < -0.3 is 10.8 Å². The molecule has 0 saturated heterocycles. The van der Waals surface area contributed by atoms with Gasteiger partial charge in [0.2, 0.25) is 0 Å². The predicted molar refractivity (Wildman–Crippen MR) is 71.1 cm³/mol. The second-order valence-electron chi connectivity index (χ2n) is 4.84. The van der Waals surface area contributed by atoms with E-state index in [2.05, 4.69) is 0 Å². The van der Waals surface area contributed by atoms with E-state index >= 15 is 0 Å². The van der Waals surface area contributed by atoms with Crippen LogP contribution in [0.25, 0.3) is 0 Å². The van der Waals surface area contributed by atoms with E-state index in [0.717, 1.165) is 12.1 Å². The van der Waals surface area contributed by atoms with Gasteiger partial charge in [0.15, 0.2) is 0 Å². The van der Waals surface area contributed by atoms with Crippen molar-refractivity contribution >= 4 is 12.4 Å². The second-order valence-corrected chi connectivity index (χ2v) is 4.84. The molecule has 0 fully saturated rings. The van der Waals surface area contributed by atoms with Crippen LogP contribution in [-0.4, -0.2) is 11.2 Å². The summed E-state index contributed by atoms with van der Waals surface area (Å²) < 4.78 is 37.1. The molecule has 2 nitrogen and oxygen atoms in total. The lowest BCUT2D eigenvalue weighted by Gasteiger charge is -2.21. The molecule has 110 valence electrons. The van der Waals surface area contributed by atoms with Crippen molar-refractivity contribution in [2.45, 2.75) is 38.6 Å². The highest BCUT2D eigenvalue weighted by molar-refractivity contribution is 5.85. The number of halogens is 4. The van der Waals surface area contributed by atoms with Gasteiger partial charge in [0.1, 0.15) is 0 Å². The summed E-state index contributed by atoms with van der Waals surface area (Å²) >= 11 is 0. The normalized spacial score (nSPS) is 14.9. The first-order valence-corrected chi connectivity index (χ1v) is 5.82. The lowest BCUT2D eigenvalue weighted by molar-refractivity contribution is -0.137. The highest BCUT2D eigenvalue weighted by atomic mass is 35.5. The number of nitrogens with two attached hydrogens (primary N) is 1. The second kappa shape index (κ2) is 7.12. The molecule has 0 spiro atoms. The summed E-state index contributed by atoms with van der Waals surface area (Å²) in [4.78, 5) is 0. The molecule has 6 heteroatoms. The van der Waals surface area contributed by atoms with Crippen molar-refractivity contribution in [3.63, 3.8) is 0 Å². The van der Waals surface area contributed by atoms with Crippen molar-refractivity contribution in [1.82, 2.24) is 0 Å². The number of benzene rings is 1. The molecular weight excluding hydrogens is 279 g/mol. The molecule has 19 heavy (non-hydrogen) atoms. The molecular formula is C13H19ClF3NO. The van der Waals surface area contributed by atoms with Gasteiger partial charge in [0.25, 0.3) is 0 Å². The molecule has 0 aromatic heterocycles. The van der Waals surface area contributed by atoms with Crippen molar-refractivity contribution in [3.05, 3.63) is 35.4 Å². The van der Waals surface area contributed by atoms with Crippen LogP contribution in [0.4, 0.5) is 13.2 Å². The Kier molecular flexibility index (Phi) is 6.83. The maximum absolute atomic E-state index is 12.4. The topological polar surface area (TPSA) is 46.2 Å². The average molecular weight is 298 g/mol. The van der Waals surface area contributed by atoms with E-state index in [-0.39, 0.29) is 18.3 Å². The van der Waals surface area contributed by atoms with Crippen LogP contribution in [0.2, 0.25) is 0 Å². The third-order valence-corrected chi connectivity index (χ3v) is 2.75. The van der Waals surface area contributed by atoms with Crippen LogP contribution in [-0.2, 0) is 6.18 Å². The van der Waals surface area contributed by atoms with Crippen LogP contribution in [0, 0.1) is 5.92 Å². The van der Waals surface area contributed by atoms with Crippen LogP contribution in [0.3, 0.4) is 0 Å². The minimum atomic E-state index is -4.35. The molecule has 0 aliphatic rings. The van der Waals surface area contributed by atoms with Crippen LogP contribution < -0.4 is 5.73 Å². The van der Waals surface area contributed by atoms with Gasteiger partial charge in [-0.3, -0.25) is 0 Å². The number of aliphatic hydroxyl groups excluding tert-OH is 1. The maximum atomic E-state index is 12.4. The van der Waals surface area contributed by atoms with E-state index in [1.165, 1.54) is 12.1 Å². The molecule has 3 N–H and O–H groups in total. The summed E-state index contributed by atoms with van der Waals surface area (Å²) in [6, 6.07) is 3.94. The predicted octanol–water partition coefficient (Wildman–Crippen LogP) is 3.53. The van der Waals surface area contributed by atoms with E-state index in [0.29, 0.717) is 12.0 Å². The maximum Gasteiger partial charge on any atom is 0.416 e. The van der Waals surface area contributed by atoms with Gasteiger partial charge in [-0.2, -0.15) is 13.2 Å². The van der Waals surface area contributed by atoms with Crippen LogP contribution in [0.15, 0.2) is 24.3 Å². The SMILES string of the molecule is CC(C)C[C@H](O)[C@H](N)c1ccc(C(F)(F)F)cc1.Cl. The van der Waals surface area contributed by atoms with Crippen molar-refractivity contribution in [1.29, 1.82) is 0 Å². The third-order valence-electron chi connectivity index (χ3n) is 2.75. The number of rotatable bonds is 4. The minimum Gasteiger partial charge on any atom is -0.391 e. The largest absolute Gasteiger partial charge is 0.416 e. The van der Waals surface area contributed by atoms with Crippen LogP contribution in [0.5, 0.6) is 0 Å². The third kappa shape index (κ3) is 5.38. The molecule has 0 heterocycles. The van der Waals surface area contributed by atoms with E-state index in [4.69, 9.17) is 5.73 Å². The van der Waals surface area contributed by atoms with Gasteiger partial charge in [-0.15, -0.1) is 12.4 Å². The molecule has 0 saturated carbocycles. The molecule has 0 amide bonds. The molecule has 2 atom stereocenters. The van der Waals surface area contributed by atoms with Crippen molar-refractivity contribution in [2.75, 3.05) is 0 Å². The number of hydrogen-bond acceptors (Lipinski definition) is 2. The first-order chi connectivity index (χ1) is 8.21. The fourth-order valence-corrected chi connectivity index (χ4v) is 1.75. The summed E-state index contributed by atoms with van der Waals surface area (Å²) in [5, 5.41) is 9.82. The lowest BCUT2D eigenvalue weighted by atomic mass is 9.95. The zero-order valence-corrected chi connectivity index (χ0v) is 11.6. The van der Waals surface area contributed by atoms with Gasteiger partial charge in [-0.1, -0.05) is 26.0 Å². The van der Waals surface area contributed by atoms with E-state index in [1.54, 1.807) is 0 Å². The van der Waals surface area contributed by atoms with Gasteiger partial charge in [-0.25, -0.2) is 0 Å². The number of hydrogen-bond donors (Lipinski definition) is 2. The Morgan fingerprint density at radius 2 is 1.63 bits per heavy atom. The highest BCUT2D eigenvalue weighted by Gasteiger charge is 2.30. The Hall–Kier alpha value is -0.780. The van der Waals surface area contributed by atoms with Crippen molar-refractivity contribution < 1.29 is 18.3 Å². The Morgan fingerprint density at radius 1 is 1.16 bits per heavy atom. The summed E-state index contributed by atoms with van der Waals surface area (Å²) in [6.45, 7) is 3.89. The van der Waals surface area contributed by atoms with Gasteiger partial charge >= 0.3 is 6.18 Å². The fourth-order valence-electron chi connectivity index (χ4n) is 1.75. The van der Waals surface area contributed by atoms with Crippen molar-refractivity contribution in [3.8, 4) is 0 Å².